The summed E-state index contributed by atoms with van der Waals surface area (Å²) >= 11 is 0. The van der Waals surface area contributed by atoms with E-state index < -0.39 is 5.60 Å². The zero-order valence-electron chi connectivity index (χ0n) is 11.0. The maximum atomic E-state index is 11.0. The van der Waals surface area contributed by atoms with Crippen molar-refractivity contribution in [2.24, 2.45) is 0 Å². The summed E-state index contributed by atoms with van der Waals surface area (Å²) in [6.45, 7) is 3.75. The summed E-state index contributed by atoms with van der Waals surface area (Å²) in [5, 5.41) is 11.0. The summed E-state index contributed by atoms with van der Waals surface area (Å²) < 4.78 is 5.15. The molecule has 19 heavy (non-hydrogen) atoms. The molecule has 0 radical (unpaired) electrons. The van der Waals surface area contributed by atoms with E-state index in [1.807, 2.05) is 54.6 Å². The van der Waals surface area contributed by atoms with Gasteiger partial charge < -0.3 is 9.84 Å². The Bertz CT molecular complexity index is 531. The molecule has 1 N–H and O–H groups in total. The van der Waals surface area contributed by atoms with Gasteiger partial charge in [0.05, 0.1) is 7.11 Å². The van der Waals surface area contributed by atoms with Gasteiger partial charge in [-0.05, 0) is 23.3 Å². The van der Waals surface area contributed by atoms with Crippen LogP contribution in [0.3, 0.4) is 0 Å². The van der Waals surface area contributed by atoms with E-state index in [2.05, 4.69) is 6.58 Å². The van der Waals surface area contributed by atoms with Crippen LogP contribution in [0, 0.1) is 0 Å². The fourth-order valence-electron chi connectivity index (χ4n) is 2.19. The lowest BCUT2D eigenvalue weighted by Crippen LogP contribution is -2.26. The van der Waals surface area contributed by atoms with Crippen molar-refractivity contribution < 1.29 is 9.84 Å². The normalized spacial score (nSPS) is 13.6. The highest BCUT2D eigenvalue weighted by Crippen LogP contribution is 2.34. The minimum atomic E-state index is -1.05. The van der Waals surface area contributed by atoms with Gasteiger partial charge in [-0.2, -0.15) is 0 Å². The molecule has 0 spiro atoms. The molecule has 2 nitrogen and oxygen atoms in total. The minimum Gasteiger partial charge on any atom is -0.497 e. The lowest BCUT2D eigenvalue weighted by Gasteiger charge is -2.28. The van der Waals surface area contributed by atoms with Crippen molar-refractivity contribution in [1.82, 2.24) is 0 Å². The summed E-state index contributed by atoms with van der Waals surface area (Å²) in [7, 11) is 1.63. The molecular weight excluding hydrogens is 236 g/mol. The molecule has 1 unspecified atom stereocenters. The summed E-state index contributed by atoms with van der Waals surface area (Å²) in [6.07, 6.45) is 2.20. The van der Waals surface area contributed by atoms with E-state index in [-0.39, 0.29) is 0 Å². The maximum Gasteiger partial charge on any atom is 0.118 e. The van der Waals surface area contributed by atoms with Gasteiger partial charge in [0.2, 0.25) is 0 Å². The Kier molecular flexibility index (Phi) is 4.03. The predicted molar refractivity (Wildman–Crippen MR) is 77.2 cm³/mol. The molecule has 0 aromatic heterocycles. The van der Waals surface area contributed by atoms with Crippen LogP contribution in [-0.2, 0) is 5.60 Å². The van der Waals surface area contributed by atoms with Crippen LogP contribution in [0.4, 0.5) is 0 Å². The number of ether oxygens (including phenoxy) is 1. The number of benzene rings is 2. The van der Waals surface area contributed by atoms with Gasteiger partial charge >= 0.3 is 0 Å². The van der Waals surface area contributed by atoms with Gasteiger partial charge in [-0.3, -0.25) is 0 Å². The molecule has 98 valence electrons. The van der Waals surface area contributed by atoms with E-state index in [0.29, 0.717) is 6.42 Å². The second-order valence-corrected chi connectivity index (χ2v) is 4.45. The number of rotatable bonds is 5. The maximum absolute atomic E-state index is 11.0. The van der Waals surface area contributed by atoms with Gasteiger partial charge in [0.15, 0.2) is 0 Å². The van der Waals surface area contributed by atoms with Crippen LogP contribution in [0.25, 0.3) is 0 Å². The van der Waals surface area contributed by atoms with E-state index in [1.54, 1.807) is 13.2 Å². The highest BCUT2D eigenvalue weighted by molar-refractivity contribution is 5.39. The van der Waals surface area contributed by atoms with E-state index in [0.717, 1.165) is 16.9 Å². The Labute approximate surface area is 114 Å². The number of hydrogen-bond donors (Lipinski definition) is 1. The van der Waals surface area contributed by atoms with Crippen LogP contribution >= 0.6 is 0 Å². The topological polar surface area (TPSA) is 29.5 Å². The number of aliphatic hydroxyl groups is 1. The SMILES string of the molecule is C=CCC(O)(c1ccccc1)c1ccc(OC)cc1. The molecule has 0 bridgehead atoms. The van der Waals surface area contributed by atoms with Gasteiger partial charge in [-0.1, -0.05) is 48.5 Å². The molecule has 0 amide bonds. The average Bonchev–Trinajstić information content (AvgIpc) is 2.48. The molecule has 0 aliphatic heterocycles. The standard InChI is InChI=1S/C17H18O2/c1-3-13-17(18,14-7-5-4-6-8-14)15-9-11-16(19-2)12-10-15/h3-12,18H,1,13H2,2H3. The van der Waals surface area contributed by atoms with Gasteiger partial charge in [-0.15, -0.1) is 6.58 Å². The minimum absolute atomic E-state index is 0.462. The predicted octanol–water partition coefficient (Wildman–Crippen LogP) is 3.51. The van der Waals surface area contributed by atoms with Crippen molar-refractivity contribution >= 4 is 0 Å². The molecule has 0 saturated carbocycles. The Morgan fingerprint density at radius 2 is 1.63 bits per heavy atom. The fourth-order valence-corrected chi connectivity index (χ4v) is 2.19. The van der Waals surface area contributed by atoms with Crippen molar-refractivity contribution in [3.8, 4) is 5.75 Å². The Morgan fingerprint density at radius 1 is 1.05 bits per heavy atom. The van der Waals surface area contributed by atoms with Crippen molar-refractivity contribution in [2.75, 3.05) is 7.11 Å². The quantitative estimate of drug-likeness (QED) is 0.827. The molecule has 0 aliphatic rings. The molecule has 2 heteroatoms. The number of methoxy groups -OCH3 is 1. The second kappa shape index (κ2) is 5.72. The van der Waals surface area contributed by atoms with Crippen LogP contribution in [0.2, 0.25) is 0 Å². The first-order valence-electron chi connectivity index (χ1n) is 6.24. The fraction of sp³-hybridized carbons (Fsp3) is 0.176. The first kappa shape index (κ1) is 13.4. The first-order valence-corrected chi connectivity index (χ1v) is 6.24. The third-order valence-electron chi connectivity index (χ3n) is 3.26. The van der Waals surface area contributed by atoms with E-state index in [1.165, 1.54) is 0 Å². The van der Waals surface area contributed by atoms with E-state index >= 15 is 0 Å². The van der Waals surface area contributed by atoms with Crippen molar-refractivity contribution in [3.05, 3.63) is 78.4 Å². The number of hydrogen-bond acceptors (Lipinski definition) is 2. The Morgan fingerprint density at radius 3 is 2.16 bits per heavy atom. The van der Waals surface area contributed by atoms with Crippen molar-refractivity contribution in [2.45, 2.75) is 12.0 Å². The molecule has 2 aromatic rings. The zero-order valence-corrected chi connectivity index (χ0v) is 11.0. The van der Waals surface area contributed by atoms with Gasteiger partial charge in [0.1, 0.15) is 11.4 Å². The zero-order chi connectivity index (χ0) is 13.7. The molecule has 0 heterocycles. The van der Waals surface area contributed by atoms with E-state index in [4.69, 9.17) is 4.74 Å². The lowest BCUT2D eigenvalue weighted by atomic mass is 9.83. The average molecular weight is 254 g/mol. The lowest BCUT2D eigenvalue weighted by molar-refractivity contribution is 0.0841. The van der Waals surface area contributed by atoms with Crippen LogP contribution in [0.1, 0.15) is 17.5 Å². The highest BCUT2D eigenvalue weighted by Gasteiger charge is 2.29. The Hall–Kier alpha value is -2.06. The molecule has 0 saturated heterocycles. The molecule has 0 fully saturated rings. The Balaban J connectivity index is 2.46. The van der Waals surface area contributed by atoms with Crippen LogP contribution in [-0.4, -0.2) is 12.2 Å². The summed E-state index contributed by atoms with van der Waals surface area (Å²) in [5.74, 6) is 0.776. The second-order valence-electron chi connectivity index (χ2n) is 4.45. The summed E-state index contributed by atoms with van der Waals surface area (Å²) in [6, 6.07) is 17.1. The highest BCUT2D eigenvalue weighted by atomic mass is 16.5. The van der Waals surface area contributed by atoms with E-state index in [9.17, 15) is 5.11 Å². The smallest absolute Gasteiger partial charge is 0.118 e. The third kappa shape index (κ3) is 2.69. The van der Waals surface area contributed by atoms with Crippen molar-refractivity contribution in [1.29, 1.82) is 0 Å². The van der Waals surface area contributed by atoms with Crippen LogP contribution in [0.5, 0.6) is 5.75 Å². The molecule has 2 aromatic carbocycles. The molecule has 2 rings (SSSR count). The van der Waals surface area contributed by atoms with Gasteiger partial charge in [-0.25, -0.2) is 0 Å². The van der Waals surface area contributed by atoms with Gasteiger partial charge in [0.25, 0.3) is 0 Å². The van der Waals surface area contributed by atoms with Gasteiger partial charge in [0, 0.05) is 6.42 Å². The van der Waals surface area contributed by atoms with Crippen LogP contribution in [0.15, 0.2) is 67.3 Å². The third-order valence-corrected chi connectivity index (χ3v) is 3.26. The molecular formula is C17H18O2. The molecule has 1 atom stereocenters. The van der Waals surface area contributed by atoms with Crippen LogP contribution < -0.4 is 4.74 Å². The summed E-state index contributed by atoms with van der Waals surface area (Å²) in [5.41, 5.74) is 0.648. The van der Waals surface area contributed by atoms with Crippen molar-refractivity contribution in [3.63, 3.8) is 0 Å². The summed E-state index contributed by atoms with van der Waals surface area (Å²) in [4.78, 5) is 0. The monoisotopic (exact) mass is 254 g/mol. The molecule has 0 aliphatic carbocycles. The first-order chi connectivity index (χ1) is 9.20. The largest absolute Gasteiger partial charge is 0.497 e.